The van der Waals surface area contributed by atoms with Crippen LogP contribution in [0, 0.1) is 0 Å². The highest BCUT2D eigenvalue weighted by atomic mass is 16.5. The Morgan fingerprint density at radius 1 is 1.24 bits per heavy atom. The van der Waals surface area contributed by atoms with Crippen molar-refractivity contribution in [3.63, 3.8) is 0 Å². The zero-order valence-electron chi connectivity index (χ0n) is 11.4. The van der Waals surface area contributed by atoms with Crippen LogP contribution in [0.3, 0.4) is 0 Å². The van der Waals surface area contributed by atoms with Crippen molar-refractivity contribution in [1.29, 1.82) is 0 Å². The average molecular weight is 247 g/mol. The molecule has 0 aliphatic heterocycles. The van der Waals surface area contributed by atoms with E-state index in [2.05, 4.69) is 5.32 Å². The fourth-order valence-corrected chi connectivity index (χ4v) is 1.65. The summed E-state index contributed by atoms with van der Waals surface area (Å²) >= 11 is 0. The van der Waals surface area contributed by atoms with Gasteiger partial charge >= 0.3 is 5.97 Å². The summed E-state index contributed by atoms with van der Waals surface area (Å²) in [6.45, 7) is 6.37. The Morgan fingerprint density at radius 3 is 2.47 bits per heavy atom. The SMILES string of the molecule is CCNC(C)(CCCOCCOC)C(=O)OC. The highest BCUT2D eigenvalue weighted by Gasteiger charge is 2.32. The van der Waals surface area contributed by atoms with Crippen LogP contribution < -0.4 is 5.32 Å². The molecule has 0 bridgehead atoms. The average Bonchev–Trinajstić information content (AvgIpc) is 2.33. The van der Waals surface area contributed by atoms with Gasteiger partial charge in [-0.1, -0.05) is 6.92 Å². The second-order valence-electron chi connectivity index (χ2n) is 4.06. The van der Waals surface area contributed by atoms with E-state index in [1.54, 1.807) is 7.11 Å². The van der Waals surface area contributed by atoms with Crippen LogP contribution in [0.5, 0.6) is 0 Å². The molecule has 0 fully saturated rings. The Balaban J connectivity index is 3.88. The molecule has 0 aromatic carbocycles. The van der Waals surface area contributed by atoms with Gasteiger partial charge in [0.1, 0.15) is 5.54 Å². The summed E-state index contributed by atoms with van der Waals surface area (Å²) < 4.78 is 15.0. The zero-order valence-corrected chi connectivity index (χ0v) is 11.4. The standard InChI is InChI=1S/C12H25NO4/c1-5-13-12(2,11(14)16-4)7-6-8-17-10-9-15-3/h13H,5-10H2,1-4H3. The second kappa shape index (κ2) is 9.39. The van der Waals surface area contributed by atoms with Crippen LogP contribution in [0.1, 0.15) is 26.7 Å². The number of esters is 1. The van der Waals surface area contributed by atoms with Crippen molar-refractivity contribution >= 4 is 5.97 Å². The van der Waals surface area contributed by atoms with Crippen LogP contribution in [0.25, 0.3) is 0 Å². The Morgan fingerprint density at radius 2 is 1.94 bits per heavy atom. The van der Waals surface area contributed by atoms with Gasteiger partial charge in [-0.05, 0) is 26.3 Å². The van der Waals surface area contributed by atoms with E-state index in [9.17, 15) is 4.79 Å². The summed E-state index contributed by atoms with van der Waals surface area (Å²) in [6.07, 6.45) is 1.50. The number of likely N-dealkylation sites (N-methyl/N-ethyl adjacent to an activating group) is 1. The largest absolute Gasteiger partial charge is 0.468 e. The number of rotatable bonds is 10. The maximum atomic E-state index is 11.6. The van der Waals surface area contributed by atoms with E-state index < -0.39 is 5.54 Å². The number of hydrogen-bond acceptors (Lipinski definition) is 5. The van der Waals surface area contributed by atoms with Crippen molar-refractivity contribution in [3.8, 4) is 0 Å². The second-order valence-corrected chi connectivity index (χ2v) is 4.06. The monoisotopic (exact) mass is 247 g/mol. The molecule has 0 aromatic heterocycles. The van der Waals surface area contributed by atoms with E-state index in [0.29, 0.717) is 26.2 Å². The highest BCUT2D eigenvalue weighted by molar-refractivity contribution is 5.80. The number of ether oxygens (including phenoxy) is 3. The molecule has 17 heavy (non-hydrogen) atoms. The number of hydrogen-bond donors (Lipinski definition) is 1. The molecule has 1 atom stereocenters. The summed E-state index contributed by atoms with van der Waals surface area (Å²) in [6, 6.07) is 0. The molecular weight excluding hydrogens is 222 g/mol. The minimum absolute atomic E-state index is 0.226. The predicted molar refractivity (Wildman–Crippen MR) is 66.0 cm³/mol. The van der Waals surface area contributed by atoms with Crippen LogP contribution in [0.4, 0.5) is 0 Å². The van der Waals surface area contributed by atoms with E-state index in [-0.39, 0.29) is 5.97 Å². The van der Waals surface area contributed by atoms with Crippen molar-refractivity contribution in [2.45, 2.75) is 32.2 Å². The lowest BCUT2D eigenvalue weighted by Crippen LogP contribution is -2.50. The van der Waals surface area contributed by atoms with E-state index >= 15 is 0 Å². The topological polar surface area (TPSA) is 56.8 Å². The van der Waals surface area contributed by atoms with Crippen molar-refractivity contribution in [2.24, 2.45) is 0 Å². The third-order valence-corrected chi connectivity index (χ3v) is 2.60. The summed E-state index contributed by atoms with van der Waals surface area (Å²) in [5.74, 6) is -0.226. The van der Waals surface area contributed by atoms with Gasteiger partial charge < -0.3 is 19.5 Å². The summed E-state index contributed by atoms with van der Waals surface area (Å²) in [5, 5.41) is 3.16. The minimum atomic E-state index is -0.617. The molecule has 0 rings (SSSR count). The molecular formula is C12H25NO4. The molecule has 5 nitrogen and oxygen atoms in total. The van der Waals surface area contributed by atoms with E-state index in [4.69, 9.17) is 14.2 Å². The predicted octanol–water partition coefficient (Wildman–Crippen LogP) is 0.971. The molecule has 0 aliphatic carbocycles. The molecule has 5 heteroatoms. The van der Waals surface area contributed by atoms with Gasteiger partial charge in [0.2, 0.25) is 0 Å². The molecule has 0 saturated heterocycles. The molecule has 0 amide bonds. The number of carbonyl (C=O) groups excluding carboxylic acids is 1. The fourth-order valence-electron chi connectivity index (χ4n) is 1.65. The smallest absolute Gasteiger partial charge is 0.325 e. The number of methoxy groups -OCH3 is 2. The lowest BCUT2D eigenvalue weighted by Gasteiger charge is -2.27. The Hall–Kier alpha value is -0.650. The zero-order chi connectivity index (χ0) is 13.1. The number of carbonyl (C=O) groups is 1. The quantitative estimate of drug-likeness (QED) is 0.460. The van der Waals surface area contributed by atoms with Crippen molar-refractivity contribution < 1.29 is 19.0 Å². The first-order chi connectivity index (χ1) is 8.10. The first-order valence-corrected chi connectivity index (χ1v) is 6.00. The van der Waals surface area contributed by atoms with Gasteiger partial charge in [-0.25, -0.2) is 0 Å². The fraction of sp³-hybridized carbons (Fsp3) is 0.917. The first-order valence-electron chi connectivity index (χ1n) is 6.00. The van der Waals surface area contributed by atoms with Gasteiger partial charge in [0, 0.05) is 13.7 Å². The van der Waals surface area contributed by atoms with Gasteiger partial charge in [-0.2, -0.15) is 0 Å². The molecule has 0 radical (unpaired) electrons. The van der Waals surface area contributed by atoms with Gasteiger partial charge in [0.25, 0.3) is 0 Å². The summed E-state index contributed by atoms with van der Waals surface area (Å²) in [5.41, 5.74) is -0.617. The number of nitrogens with one attached hydrogen (secondary N) is 1. The minimum Gasteiger partial charge on any atom is -0.468 e. The third-order valence-electron chi connectivity index (χ3n) is 2.60. The molecule has 0 spiro atoms. The first kappa shape index (κ1) is 16.4. The molecule has 0 saturated carbocycles. The van der Waals surface area contributed by atoms with Crippen LogP contribution >= 0.6 is 0 Å². The van der Waals surface area contributed by atoms with Crippen LogP contribution in [-0.2, 0) is 19.0 Å². The lowest BCUT2D eigenvalue weighted by molar-refractivity contribution is -0.148. The molecule has 1 N–H and O–H groups in total. The Kier molecular flexibility index (Phi) is 9.03. The van der Waals surface area contributed by atoms with Crippen LogP contribution in [0.2, 0.25) is 0 Å². The molecule has 102 valence electrons. The Bertz CT molecular complexity index is 211. The molecule has 0 aromatic rings. The van der Waals surface area contributed by atoms with Crippen molar-refractivity contribution in [1.82, 2.24) is 5.32 Å². The van der Waals surface area contributed by atoms with Crippen LogP contribution in [-0.4, -0.2) is 52.1 Å². The highest BCUT2D eigenvalue weighted by Crippen LogP contribution is 2.14. The van der Waals surface area contributed by atoms with Gasteiger partial charge in [0.05, 0.1) is 20.3 Å². The van der Waals surface area contributed by atoms with Crippen molar-refractivity contribution in [2.75, 3.05) is 40.6 Å². The Labute approximate surface area is 104 Å². The van der Waals surface area contributed by atoms with E-state index in [1.807, 2.05) is 13.8 Å². The maximum absolute atomic E-state index is 11.6. The molecule has 1 unspecified atom stereocenters. The lowest BCUT2D eigenvalue weighted by atomic mass is 9.96. The van der Waals surface area contributed by atoms with E-state index in [1.165, 1.54) is 7.11 Å². The van der Waals surface area contributed by atoms with Gasteiger partial charge in [-0.15, -0.1) is 0 Å². The van der Waals surface area contributed by atoms with Gasteiger partial charge in [0.15, 0.2) is 0 Å². The molecule has 0 aliphatic rings. The summed E-state index contributed by atoms with van der Waals surface area (Å²) in [4.78, 5) is 11.6. The normalized spacial score (nSPS) is 14.4. The maximum Gasteiger partial charge on any atom is 0.325 e. The van der Waals surface area contributed by atoms with Crippen LogP contribution in [0.15, 0.2) is 0 Å². The van der Waals surface area contributed by atoms with E-state index in [0.717, 1.165) is 13.0 Å². The third kappa shape index (κ3) is 6.61. The van der Waals surface area contributed by atoms with Crippen molar-refractivity contribution in [3.05, 3.63) is 0 Å². The molecule has 0 heterocycles. The van der Waals surface area contributed by atoms with Gasteiger partial charge in [-0.3, -0.25) is 4.79 Å². The summed E-state index contributed by atoms with van der Waals surface area (Å²) in [7, 11) is 3.05.